The first-order chi connectivity index (χ1) is 11.5. The Morgan fingerprint density at radius 2 is 1.52 bits per heavy atom. The minimum Gasteiger partial charge on any atom is -0.420 e. The van der Waals surface area contributed by atoms with Crippen LogP contribution in [-0.2, 0) is 0 Å². The predicted octanol–water partition coefficient (Wildman–Crippen LogP) is 4.04. The number of alkyl halides is 3. The number of aromatic nitrogens is 3. The summed E-state index contributed by atoms with van der Waals surface area (Å²) in [6, 6.07) is 5.79. The lowest BCUT2D eigenvalue weighted by Gasteiger charge is -2.21. The van der Waals surface area contributed by atoms with Crippen molar-refractivity contribution >= 4 is 35.1 Å². The van der Waals surface area contributed by atoms with Crippen LogP contribution in [0.5, 0.6) is 5.75 Å². The van der Waals surface area contributed by atoms with Gasteiger partial charge in [0.25, 0.3) is 0 Å². The van der Waals surface area contributed by atoms with Gasteiger partial charge < -0.3 is 20.7 Å². The van der Waals surface area contributed by atoms with Gasteiger partial charge in [-0.2, -0.15) is 15.0 Å². The monoisotopic (exact) mass is 372 g/mol. The lowest BCUT2D eigenvalue weighted by atomic mass is 10.1. The molecule has 3 N–H and O–H groups in total. The van der Waals surface area contributed by atoms with Crippen LogP contribution in [0.15, 0.2) is 24.3 Å². The van der Waals surface area contributed by atoms with Crippen molar-refractivity contribution in [1.82, 2.24) is 15.0 Å². The second-order valence-corrected chi connectivity index (χ2v) is 6.57. The normalized spacial score (nSPS) is 11.8. The van der Waals surface area contributed by atoms with Crippen molar-refractivity contribution in [3.05, 3.63) is 24.3 Å². The lowest BCUT2D eigenvalue weighted by Crippen LogP contribution is -2.27. The fraction of sp³-hybridized carbons (Fsp3) is 0.400. The molecule has 0 aliphatic heterocycles. The van der Waals surface area contributed by atoms with E-state index in [0.717, 1.165) is 0 Å². The van der Waals surface area contributed by atoms with Gasteiger partial charge in [-0.15, -0.1) is 8.78 Å². The fourth-order valence-electron chi connectivity index (χ4n) is 1.80. The average Bonchev–Trinajstić information content (AvgIpc) is 2.45. The highest BCUT2D eigenvalue weighted by molar-refractivity contribution is 6.20. The number of halogens is 3. The van der Waals surface area contributed by atoms with Crippen molar-refractivity contribution in [2.75, 3.05) is 23.0 Å². The summed E-state index contributed by atoms with van der Waals surface area (Å²) in [5, 5.41) is 8.99. The van der Waals surface area contributed by atoms with Gasteiger partial charge in [0.15, 0.2) is 0 Å². The summed E-state index contributed by atoms with van der Waals surface area (Å²) in [5.41, 5.74) is -3.39. The van der Waals surface area contributed by atoms with Gasteiger partial charge in [0.2, 0.25) is 17.8 Å². The van der Waals surface area contributed by atoms with Crippen molar-refractivity contribution in [2.24, 2.45) is 0 Å². The summed E-state index contributed by atoms with van der Waals surface area (Å²) < 4.78 is 29.5. The molecule has 10 heteroatoms. The molecule has 0 aliphatic rings. The highest BCUT2D eigenvalue weighted by Crippen LogP contribution is 2.26. The van der Waals surface area contributed by atoms with Gasteiger partial charge in [0.1, 0.15) is 5.75 Å². The molecule has 1 aromatic heterocycles. The first-order valence-corrected chi connectivity index (χ1v) is 7.77. The molecular formula is C15H19ClF2N6O. The molecule has 0 aliphatic carbocycles. The van der Waals surface area contributed by atoms with Gasteiger partial charge in [-0.05, 0) is 45.0 Å². The molecule has 7 nitrogen and oxygen atoms in total. The zero-order chi connectivity index (χ0) is 18.7. The van der Waals surface area contributed by atoms with E-state index in [2.05, 4.69) is 35.6 Å². The Morgan fingerprint density at radius 3 is 2.04 bits per heavy atom. The molecule has 2 rings (SSSR count). The van der Waals surface area contributed by atoms with E-state index in [4.69, 9.17) is 11.6 Å². The molecule has 1 heterocycles. The van der Waals surface area contributed by atoms with Crippen LogP contribution in [-0.4, -0.2) is 33.1 Å². The van der Waals surface area contributed by atoms with Crippen molar-refractivity contribution < 1.29 is 13.5 Å². The molecule has 0 spiro atoms. The Bertz CT molecular complexity index is 715. The zero-order valence-electron chi connectivity index (χ0n) is 14.2. The van der Waals surface area contributed by atoms with Gasteiger partial charge in [0, 0.05) is 29.9 Å². The number of hydrogen-bond donors (Lipinski definition) is 3. The van der Waals surface area contributed by atoms with E-state index in [1.54, 1.807) is 7.05 Å². The van der Waals surface area contributed by atoms with E-state index in [-0.39, 0.29) is 11.3 Å². The summed E-state index contributed by atoms with van der Waals surface area (Å²) in [5.74, 6) is 1.01. The van der Waals surface area contributed by atoms with Gasteiger partial charge in [-0.25, -0.2) is 0 Å². The zero-order valence-corrected chi connectivity index (χ0v) is 14.9. The summed E-state index contributed by atoms with van der Waals surface area (Å²) in [6.45, 7) is 5.94. The molecule has 0 unspecified atom stereocenters. The van der Waals surface area contributed by atoms with Gasteiger partial charge in [0.05, 0.1) is 0 Å². The molecular weight excluding hydrogens is 354 g/mol. The number of benzene rings is 1. The predicted molar refractivity (Wildman–Crippen MR) is 93.9 cm³/mol. The second kappa shape index (κ2) is 7.22. The molecule has 0 fully saturated rings. The Labute approximate surface area is 149 Å². The third-order valence-electron chi connectivity index (χ3n) is 2.69. The van der Waals surface area contributed by atoms with Gasteiger partial charge >= 0.3 is 5.57 Å². The standard InChI is InChI=1S/C15H19ClF2N6O/c1-14(2,3)24-13-22-11(19-4)21-12(23-13)20-9-5-7-10(8-6-9)25-15(16,17)18/h5-8H,1-4H3,(H3,19,20,21,22,23,24). The van der Waals surface area contributed by atoms with E-state index in [1.165, 1.54) is 24.3 Å². The SMILES string of the molecule is CNc1nc(Nc2ccc(OC(F)(F)Cl)cc2)nc(NC(C)(C)C)n1. The summed E-state index contributed by atoms with van der Waals surface area (Å²) in [6.07, 6.45) is 0. The number of ether oxygens (including phenoxy) is 1. The maximum atomic E-state index is 12.6. The van der Waals surface area contributed by atoms with Crippen LogP contribution in [0.1, 0.15) is 20.8 Å². The first-order valence-electron chi connectivity index (χ1n) is 7.39. The molecule has 1 aromatic carbocycles. The van der Waals surface area contributed by atoms with E-state index >= 15 is 0 Å². The second-order valence-electron chi connectivity index (χ2n) is 6.13. The van der Waals surface area contributed by atoms with Crippen LogP contribution >= 0.6 is 11.6 Å². The van der Waals surface area contributed by atoms with Crippen LogP contribution in [0.4, 0.5) is 32.3 Å². The summed E-state index contributed by atoms with van der Waals surface area (Å²) >= 11 is 4.73. The van der Waals surface area contributed by atoms with Crippen LogP contribution < -0.4 is 20.7 Å². The molecule has 0 bridgehead atoms. The lowest BCUT2D eigenvalue weighted by molar-refractivity contribution is -0.0964. The van der Waals surface area contributed by atoms with Crippen molar-refractivity contribution in [1.29, 1.82) is 0 Å². The first kappa shape index (κ1) is 18.9. The highest BCUT2D eigenvalue weighted by Gasteiger charge is 2.27. The average molecular weight is 373 g/mol. The topological polar surface area (TPSA) is 84.0 Å². The molecule has 0 atom stereocenters. The Morgan fingerprint density at radius 1 is 0.960 bits per heavy atom. The van der Waals surface area contributed by atoms with Gasteiger partial charge in [-0.3, -0.25) is 0 Å². The molecule has 0 saturated carbocycles. The highest BCUT2D eigenvalue weighted by atomic mass is 35.5. The fourth-order valence-corrected chi connectivity index (χ4v) is 1.89. The van der Waals surface area contributed by atoms with Crippen LogP contribution in [0, 0.1) is 0 Å². The third kappa shape index (κ3) is 6.54. The molecule has 0 saturated heterocycles. The smallest absolute Gasteiger partial charge is 0.420 e. The maximum Gasteiger partial charge on any atom is 0.487 e. The van der Waals surface area contributed by atoms with E-state index in [0.29, 0.717) is 23.5 Å². The summed E-state index contributed by atoms with van der Waals surface area (Å²) in [4.78, 5) is 12.7. The van der Waals surface area contributed by atoms with Crippen molar-refractivity contribution in [3.63, 3.8) is 0 Å². The number of hydrogen-bond acceptors (Lipinski definition) is 7. The Balaban J connectivity index is 2.17. The Kier molecular flexibility index (Phi) is 5.46. The van der Waals surface area contributed by atoms with E-state index in [1.807, 2.05) is 20.8 Å². The van der Waals surface area contributed by atoms with E-state index < -0.39 is 5.57 Å². The number of nitrogens with zero attached hydrogens (tertiary/aromatic N) is 3. The molecule has 25 heavy (non-hydrogen) atoms. The number of anilines is 4. The van der Waals surface area contributed by atoms with Crippen molar-refractivity contribution in [3.8, 4) is 5.75 Å². The van der Waals surface area contributed by atoms with Crippen LogP contribution in [0.3, 0.4) is 0 Å². The molecule has 136 valence electrons. The van der Waals surface area contributed by atoms with Gasteiger partial charge in [-0.1, -0.05) is 0 Å². The van der Waals surface area contributed by atoms with Crippen molar-refractivity contribution in [2.45, 2.75) is 31.9 Å². The van der Waals surface area contributed by atoms with Crippen LogP contribution in [0.25, 0.3) is 0 Å². The summed E-state index contributed by atoms with van der Waals surface area (Å²) in [7, 11) is 1.69. The number of nitrogens with one attached hydrogen (secondary N) is 3. The third-order valence-corrected chi connectivity index (χ3v) is 2.77. The van der Waals surface area contributed by atoms with E-state index in [9.17, 15) is 8.78 Å². The maximum absolute atomic E-state index is 12.6. The molecule has 0 radical (unpaired) electrons. The largest absolute Gasteiger partial charge is 0.487 e. The number of rotatable bonds is 6. The minimum absolute atomic E-state index is 0.0628. The Hall–Kier alpha value is -2.42. The quantitative estimate of drug-likeness (QED) is 0.660. The van der Waals surface area contributed by atoms with Crippen LogP contribution in [0.2, 0.25) is 0 Å². The minimum atomic E-state index is -3.75. The molecule has 0 amide bonds. The molecule has 2 aromatic rings.